The lowest BCUT2D eigenvalue weighted by atomic mass is 9.82. The molecule has 2 atom stereocenters. The predicted octanol–water partition coefficient (Wildman–Crippen LogP) is 7.52. The number of nitrogens with two attached hydrogens (primary N) is 1. The van der Waals surface area contributed by atoms with E-state index >= 15 is 4.39 Å². The van der Waals surface area contributed by atoms with Gasteiger partial charge in [-0.25, -0.2) is 22.9 Å². The number of likely N-dealkylation sites (tertiary alicyclic amines) is 3. The molecule has 3 fully saturated rings. The minimum atomic E-state index is -1.79. The van der Waals surface area contributed by atoms with Crippen LogP contribution in [0.4, 0.5) is 23.8 Å². The molecule has 0 spiro atoms. The standard InChI is InChI=1S/C24H31F2N5O.C17H25FN2O2/c1-17(21-3-2-20(25)15-29-21)19-5-10-31(11-6-19)23(32)24(26)7-12-30(13-8-24)16-18-4-9-28-22(27)14-18;1-12(15-6-5-14(18)11-19-15)13-7-9-20(10-8-13)16(21)22-17(2,3)4/h2-4,9,14-15,17,19H,5-8,10-13,16H2,1H3,(H2,27,28);5-6,11-13H,7-10H2,1-4H3. The number of hydrogen-bond acceptors (Lipinski definition) is 8. The first kappa shape index (κ1) is 40.9. The lowest BCUT2D eigenvalue weighted by molar-refractivity contribution is -0.149. The number of piperidine rings is 3. The van der Waals surface area contributed by atoms with Gasteiger partial charge in [0, 0.05) is 88.1 Å². The average Bonchev–Trinajstić information content (AvgIpc) is 3.15. The first-order valence-corrected chi connectivity index (χ1v) is 19.2. The minimum absolute atomic E-state index is 0.178. The zero-order valence-corrected chi connectivity index (χ0v) is 32.3. The van der Waals surface area contributed by atoms with Crippen LogP contribution in [0, 0.1) is 23.5 Å². The van der Waals surface area contributed by atoms with E-state index in [0.29, 0.717) is 63.5 Å². The SMILES string of the molecule is CC(c1ccc(F)cn1)C1CCN(C(=O)C2(F)CCN(Cc3ccnc(N)c3)CC2)CC1.CC(c1ccc(F)cn1)C1CCN(C(=O)OC(C)(C)C)CC1. The molecule has 6 rings (SSSR count). The third-order valence-electron chi connectivity index (χ3n) is 11.1. The summed E-state index contributed by atoms with van der Waals surface area (Å²) in [5, 5.41) is 0. The highest BCUT2D eigenvalue weighted by Gasteiger charge is 2.45. The second-order valence-electron chi connectivity index (χ2n) is 16.1. The van der Waals surface area contributed by atoms with Gasteiger partial charge in [-0.1, -0.05) is 13.8 Å². The molecule has 2 unspecified atom stereocenters. The molecule has 10 nitrogen and oxygen atoms in total. The molecule has 0 radical (unpaired) electrons. The highest BCUT2D eigenvalue weighted by Crippen LogP contribution is 2.35. The summed E-state index contributed by atoms with van der Waals surface area (Å²) in [5.41, 5.74) is 6.31. The van der Waals surface area contributed by atoms with Gasteiger partial charge in [-0.2, -0.15) is 0 Å². The van der Waals surface area contributed by atoms with Crippen molar-refractivity contribution >= 4 is 17.8 Å². The van der Waals surface area contributed by atoms with E-state index in [2.05, 4.69) is 33.7 Å². The van der Waals surface area contributed by atoms with Crippen LogP contribution in [0.1, 0.15) is 102 Å². The quantitative estimate of drug-likeness (QED) is 0.264. The van der Waals surface area contributed by atoms with E-state index in [1.165, 1.54) is 24.5 Å². The van der Waals surface area contributed by atoms with Gasteiger partial charge in [0.25, 0.3) is 5.91 Å². The van der Waals surface area contributed by atoms with Crippen LogP contribution in [0.25, 0.3) is 0 Å². The number of carbonyl (C=O) groups excluding carboxylic acids is 2. The number of nitrogens with zero attached hydrogens (tertiary/aromatic N) is 6. The van der Waals surface area contributed by atoms with Crippen molar-refractivity contribution in [2.45, 2.75) is 103 Å². The maximum atomic E-state index is 15.6. The molecule has 294 valence electrons. The van der Waals surface area contributed by atoms with Crippen LogP contribution in [0.5, 0.6) is 0 Å². The molecular weight excluding hydrogens is 695 g/mol. The Kier molecular flexibility index (Phi) is 13.6. The average molecular weight is 752 g/mol. The number of nitrogen functional groups attached to an aromatic ring is 1. The Bertz CT molecular complexity index is 1660. The molecule has 0 aliphatic carbocycles. The molecule has 2 amide bonds. The van der Waals surface area contributed by atoms with Crippen LogP contribution in [-0.4, -0.2) is 92.2 Å². The zero-order chi connectivity index (χ0) is 39.0. The number of hydrogen-bond donors (Lipinski definition) is 1. The molecule has 0 bridgehead atoms. The maximum Gasteiger partial charge on any atom is 0.410 e. The summed E-state index contributed by atoms with van der Waals surface area (Å²) in [6.07, 6.45) is 7.81. The number of carbonyl (C=O) groups is 2. The second-order valence-corrected chi connectivity index (χ2v) is 16.1. The largest absolute Gasteiger partial charge is 0.444 e. The number of aromatic nitrogens is 3. The van der Waals surface area contributed by atoms with Gasteiger partial charge in [-0.15, -0.1) is 0 Å². The summed E-state index contributed by atoms with van der Waals surface area (Å²) >= 11 is 0. The Morgan fingerprint density at radius 2 is 1.31 bits per heavy atom. The normalized spacial score (nSPS) is 19.7. The van der Waals surface area contributed by atoms with E-state index in [0.717, 1.165) is 42.6 Å². The van der Waals surface area contributed by atoms with Gasteiger partial charge in [-0.05, 0) is 100 Å². The third kappa shape index (κ3) is 11.1. The van der Waals surface area contributed by atoms with Crippen LogP contribution in [0.2, 0.25) is 0 Å². The van der Waals surface area contributed by atoms with E-state index < -0.39 is 11.3 Å². The summed E-state index contributed by atoms with van der Waals surface area (Å²) in [4.78, 5) is 43.1. The summed E-state index contributed by atoms with van der Waals surface area (Å²) in [6.45, 7) is 14.1. The Morgan fingerprint density at radius 1 is 0.815 bits per heavy atom. The number of rotatable bonds is 7. The van der Waals surface area contributed by atoms with E-state index in [1.807, 2.05) is 32.9 Å². The Labute approximate surface area is 317 Å². The molecule has 3 aliphatic rings. The maximum absolute atomic E-state index is 15.6. The summed E-state index contributed by atoms with van der Waals surface area (Å²) < 4.78 is 47.1. The number of pyridine rings is 3. The summed E-state index contributed by atoms with van der Waals surface area (Å²) in [6, 6.07) is 10.1. The Morgan fingerprint density at radius 3 is 1.76 bits per heavy atom. The molecule has 0 saturated carbocycles. The van der Waals surface area contributed by atoms with E-state index in [4.69, 9.17) is 10.5 Å². The van der Waals surface area contributed by atoms with Crippen LogP contribution >= 0.6 is 0 Å². The smallest absolute Gasteiger partial charge is 0.410 e. The van der Waals surface area contributed by atoms with Gasteiger partial charge in [0.05, 0.1) is 12.4 Å². The first-order valence-electron chi connectivity index (χ1n) is 19.2. The topological polar surface area (TPSA) is 118 Å². The van der Waals surface area contributed by atoms with Gasteiger partial charge in [-0.3, -0.25) is 19.7 Å². The number of amides is 2. The summed E-state index contributed by atoms with van der Waals surface area (Å²) in [5.74, 6) is 0.706. The van der Waals surface area contributed by atoms with Crippen LogP contribution in [-0.2, 0) is 16.1 Å². The molecule has 54 heavy (non-hydrogen) atoms. The Balaban J connectivity index is 0.000000223. The molecule has 13 heteroatoms. The van der Waals surface area contributed by atoms with Gasteiger partial charge in [0.15, 0.2) is 5.67 Å². The number of halogens is 3. The monoisotopic (exact) mass is 751 g/mol. The molecule has 3 aliphatic heterocycles. The molecule has 6 heterocycles. The highest BCUT2D eigenvalue weighted by atomic mass is 19.1. The van der Waals surface area contributed by atoms with Crippen molar-refractivity contribution in [2.75, 3.05) is 45.0 Å². The van der Waals surface area contributed by atoms with E-state index in [-0.39, 0.29) is 48.3 Å². The molecule has 0 aromatic carbocycles. The van der Waals surface area contributed by atoms with E-state index in [9.17, 15) is 18.4 Å². The van der Waals surface area contributed by atoms with Crippen molar-refractivity contribution in [2.24, 2.45) is 11.8 Å². The lowest BCUT2D eigenvalue weighted by Crippen LogP contribution is -2.54. The Hall–Kier alpha value is -4.26. The van der Waals surface area contributed by atoms with Crippen LogP contribution in [0.3, 0.4) is 0 Å². The van der Waals surface area contributed by atoms with Crippen molar-refractivity contribution in [3.8, 4) is 0 Å². The third-order valence-corrected chi connectivity index (χ3v) is 11.1. The van der Waals surface area contributed by atoms with Crippen molar-refractivity contribution in [3.63, 3.8) is 0 Å². The fourth-order valence-electron chi connectivity index (χ4n) is 7.72. The van der Waals surface area contributed by atoms with Crippen molar-refractivity contribution in [1.29, 1.82) is 0 Å². The molecular formula is C41H56F3N7O3. The lowest BCUT2D eigenvalue weighted by Gasteiger charge is -2.41. The summed E-state index contributed by atoms with van der Waals surface area (Å²) in [7, 11) is 0. The molecule has 3 aromatic rings. The van der Waals surface area contributed by atoms with Crippen LogP contribution < -0.4 is 5.73 Å². The first-order chi connectivity index (χ1) is 25.6. The van der Waals surface area contributed by atoms with Crippen molar-refractivity contribution in [3.05, 3.63) is 83.6 Å². The number of alkyl halides is 1. The number of anilines is 1. The molecule has 3 aromatic heterocycles. The van der Waals surface area contributed by atoms with Gasteiger partial charge in [0.2, 0.25) is 0 Å². The van der Waals surface area contributed by atoms with Crippen molar-refractivity contribution in [1.82, 2.24) is 29.7 Å². The van der Waals surface area contributed by atoms with Crippen molar-refractivity contribution < 1.29 is 27.5 Å². The van der Waals surface area contributed by atoms with E-state index in [1.54, 1.807) is 28.1 Å². The van der Waals surface area contributed by atoms with Gasteiger partial charge >= 0.3 is 6.09 Å². The predicted molar refractivity (Wildman–Crippen MR) is 202 cm³/mol. The van der Waals surface area contributed by atoms with Gasteiger partial charge < -0.3 is 20.3 Å². The van der Waals surface area contributed by atoms with Crippen LogP contribution in [0.15, 0.2) is 55.0 Å². The number of ether oxygens (including phenoxy) is 1. The highest BCUT2D eigenvalue weighted by molar-refractivity contribution is 5.85. The molecule has 3 saturated heterocycles. The zero-order valence-electron chi connectivity index (χ0n) is 32.3. The fourth-order valence-corrected chi connectivity index (χ4v) is 7.72. The van der Waals surface area contributed by atoms with Gasteiger partial charge in [0.1, 0.15) is 23.1 Å². The fraction of sp³-hybridized carbons (Fsp3) is 0.585. The second kappa shape index (κ2) is 17.9. The molecule has 2 N–H and O–H groups in total. The minimum Gasteiger partial charge on any atom is -0.444 e.